The van der Waals surface area contributed by atoms with Crippen molar-refractivity contribution < 1.29 is 4.79 Å². The number of rotatable bonds is 4. The third-order valence-electron chi connectivity index (χ3n) is 7.86. The van der Waals surface area contributed by atoms with Crippen molar-refractivity contribution in [3.63, 3.8) is 0 Å². The van der Waals surface area contributed by atoms with Gasteiger partial charge in [-0.1, -0.05) is 0 Å². The lowest BCUT2D eigenvalue weighted by molar-refractivity contribution is -0.0687. The van der Waals surface area contributed by atoms with E-state index < -0.39 is 0 Å². The van der Waals surface area contributed by atoms with Crippen LogP contribution in [0.15, 0.2) is 42.9 Å². The summed E-state index contributed by atoms with van der Waals surface area (Å²) in [7, 11) is 0. The lowest BCUT2D eigenvalue weighted by Gasteiger charge is -2.59. The summed E-state index contributed by atoms with van der Waals surface area (Å²) in [6.45, 7) is 2.26. The molecule has 3 aromatic heterocycles. The smallest absolute Gasteiger partial charge is 0.263 e. The fraction of sp³-hybridized carbons (Fsp3) is 0.500. The zero-order valence-corrected chi connectivity index (χ0v) is 17.6. The molecule has 3 heterocycles. The standard InChI is InChI=1S/C24H27N3OS/c1-15(24-12-16-9-17(13-24)11-18(10-16)14-24)26-22(28)21-20(27-7-2-3-8-27)19-5-4-6-25-23(19)29-21/h2-8,15-18H,9-14H2,1H3,(H,26,28)/t15-,16?,17?,18?,24?/m0/s1. The minimum Gasteiger partial charge on any atom is -0.348 e. The van der Waals surface area contributed by atoms with Crippen LogP contribution in [0, 0.1) is 23.2 Å². The van der Waals surface area contributed by atoms with Crippen LogP contribution in [0.25, 0.3) is 15.9 Å². The summed E-state index contributed by atoms with van der Waals surface area (Å²) in [4.78, 5) is 19.7. The summed E-state index contributed by atoms with van der Waals surface area (Å²) in [5.74, 6) is 2.73. The Morgan fingerprint density at radius 1 is 1.14 bits per heavy atom. The van der Waals surface area contributed by atoms with Crippen LogP contribution in [0.2, 0.25) is 0 Å². The van der Waals surface area contributed by atoms with E-state index >= 15 is 0 Å². The van der Waals surface area contributed by atoms with Gasteiger partial charge in [-0.3, -0.25) is 4.79 Å². The number of thiophene rings is 1. The summed E-state index contributed by atoms with van der Waals surface area (Å²) in [5, 5.41) is 4.49. The van der Waals surface area contributed by atoms with Crippen LogP contribution < -0.4 is 5.32 Å². The topological polar surface area (TPSA) is 46.9 Å². The van der Waals surface area contributed by atoms with Gasteiger partial charge in [0.05, 0.1) is 5.69 Å². The van der Waals surface area contributed by atoms with Crippen LogP contribution >= 0.6 is 11.3 Å². The van der Waals surface area contributed by atoms with E-state index in [0.29, 0.717) is 5.41 Å². The molecule has 0 aliphatic heterocycles. The lowest BCUT2D eigenvalue weighted by atomic mass is 9.48. The Hall–Kier alpha value is -2.14. The molecule has 1 atom stereocenters. The molecule has 4 aliphatic rings. The van der Waals surface area contributed by atoms with Gasteiger partial charge >= 0.3 is 0 Å². The van der Waals surface area contributed by atoms with E-state index in [1.54, 1.807) is 6.20 Å². The molecule has 4 aliphatic carbocycles. The number of carbonyl (C=O) groups is 1. The molecule has 4 saturated carbocycles. The monoisotopic (exact) mass is 405 g/mol. The number of fused-ring (bicyclic) bond motifs is 1. The maximum absolute atomic E-state index is 13.5. The Bertz CT molecular complexity index is 1030. The number of nitrogens with one attached hydrogen (secondary N) is 1. The molecule has 150 valence electrons. The van der Waals surface area contributed by atoms with E-state index in [2.05, 4.69) is 23.3 Å². The highest BCUT2D eigenvalue weighted by atomic mass is 32.1. The highest BCUT2D eigenvalue weighted by molar-refractivity contribution is 7.21. The van der Waals surface area contributed by atoms with Crippen LogP contribution in [0.3, 0.4) is 0 Å². The third kappa shape index (κ3) is 2.77. The van der Waals surface area contributed by atoms with E-state index in [0.717, 1.165) is 38.5 Å². The van der Waals surface area contributed by atoms with Crippen LogP contribution in [0.1, 0.15) is 55.1 Å². The molecule has 0 radical (unpaired) electrons. The Morgan fingerprint density at radius 3 is 2.45 bits per heavy atom. The van der Waals surface area contributed by atoms with Gasteiger partial charge in [0.1, 0.15) is 9.71 Å². The predicted octanol–water partition coefficient (Wildman–Crippen LogP) is 5.42. The zero-order chi connectivity index (χ0) is 19.6. The van der Waals surface area contributed by atoms with Gasteiger partial charge in [0.2, 0.25) is 0 Å². The first-order valence-corrected chi connectivity index (χ1v) is 11.7. The SMILES string of the molecule is C[C@H](NC(=O)c1sc2ncccc2c1-n1cccc1)C12CC3CC(CC(C3)C1)C2. The molecule has 3 aromatic rings. The highest BCUT2D eigenvalue weighted by Gasteiger charge is 2.53. The minimum atomic E-state index is 0.0555. The van der Waals surface area contributed by atoms with E-state index in [9.17, 15) is 4.79 Å². The first-order chi connectivity index (χ1) is 14.1. The van der Waals surface area contributed by atoms with Gasteiger partial charge in [-0.2, -0.15) is 0 Å². The number of pyridine rings is 1. The van der Waals surface area contributed by atoms with Crippen molar-refractivity contribution in [2.24, 2.45) is 23.2 Å². The summed E-state index contributed by atoms with van der Waals surface area (Å²) in [5.41, 5.74) is 1.27. The Labute approximate surface area is 175 Å². The number of hydrogen-bond acceptors (Lipinski definition) is 3. The van der Waals surface area contributed by atoms with Crippen molar-refractivity contribution in [2.45, 2.75) is 51.5 Å². The van der Waals surface area contributed by atoms with Gasteiger partial charge in [-0.25, -0.2) is 4.98 Å². The second-order valence-electron chi connectivity index (χ2n) is 9.70. The summed E-state index contributed by atoms with van der Waals surface area (Å²) in [6, 6.07) is 8.23. The largest absolute Gasteiger partial charge is 0.348 e. The van der Waals surface area contributed by atoms with E-state index in [1.165, 1.54) is 49.9 Å². The molecule has 4 fully saturated rings. The second kappa shape index (κ2) is 6.43. The molecule has 5 heteroatoms. The van der Waals surface area contributed by atoms with E-state index in [1.807, 2.05) is 35.2 Å². The molecular weight excluding hydrogens is 378 g/mol. The molecule has 4 nitrogen and oxygen atoms in total. The normalized spacial score (nSPS) is 31.3. The van der Waals surface area contributed by atoms with Gasteiger partial charge < -0.3 is 9.88 Å². The van der Waals surface area contributed by atoms with Gasteiger partial charge in [0.25, 0.3) is 5.91 Å². The van der Waals surface area contributed by atoms with Crippen LogP contribution in [0.5, 0.6) is 0 Å². The molecule has 29 heavy (non-hydrogen) atoms. The quantitative estimate of drug-likeness (QED) is 0.630. The van der Waals surface area contributed by atoms with Gasteiger partial charge in [0, 0.05) is 30.0 Å². The average molecular weight is 406 g/mol. The van der Waals surface area contributed by atoms with Crippen molar-refractivity contribution >= 4 is 27.5 Å². The van der Waals surface area contributed by atoms with Crippen LogP contribution in [0.4, 0.5) is 0 Å². The first kappa shape index (κ1) is 17.7. The maximum Gasteiger partial charge on any atom is 0.263 e. The van der Waals surface area contributed by atoms with Gasteiger partial charge in [-0.15, -0.1) is 11.3 Å². The molecule has 0 spiro atoms. The minimum absolute atomic E-state index is 0.0555. The van der Waals surface area contributed by atoms with Crippen molar-refractivity contribution in [3.8, 4) is 5.69 Å². The van der Waals surface area contributed by atoms with Crippen LogP contribution in [-0.2, 0) is 0 Å². The molecule has 0 aromatic carbocycles. The van der Waals surface area contributed by atoms with Gasteiger partial charge in [0.15, 0.2) is 0 Å². The number of carbonyl (C=O) groups excluding carboxylic acids is 1. The predicted molar refractivity (Wildman–Crippen MR) is 116 cm³/mol. The summed E-state index contributed by atoms with van der Waals surface area (Å²) in [6.07, 6.45) is 14.0. The van der Waals surface area contributed by atoms with E-state index in [-0.39, 0.29) is 11.9 Å². The Morgan fingerprint density at radius 2 is 1.79 bits per heavy atom. The van der Waals surface area contributed by atoms with Crippen molar-refractivity contribution in [1.82, 2.24) is 14.9 Å². The number of hydrogen-bond donors (Lipinski definition) is 1. The van der Waals surface area contributed by atoms with Crippen LogP contribution in [-0.4, -0.2) is 21.5 Å². The fourth-order valence-electron chi connectivity index (χ4n) is 6.94. The van der Waals surface area contributed by atoms with E-state index in [4.69, 9.17) is 0 Å². The third-order valence-corrected chi connectivity index (χ3v) is 8.96. The lowest BCUT2D eigenvalue weighted by Crippen LogP contribution is -2.55. The first-order valence-electron chi connectivity index (χ1n) is 10.9. The molecule has 1 N–H and O–H groups in total. The second-order valence-corrected chi connectivity index (χ2v) is 10.7. The summed E-state index contributed by atoms with van der Waals surface area (Å²) < 4.78 is 2.05. The number of aromatic nitrogens is 2. The molecule has 7 rings (SSSR count). The maximum atomic E-state index is 13.5. The average Bonchev–Trinajstić information content (AvgIpc) is 3.34. The van der Waals surface area contributed by atoms with Crippen molar-refractivity contribution in [2.75, 3.05) is 0 Å². The van der Waals surface area contributed by atoms with Crippen molar-refractivity contribution in [3.05, 3.63) is 47.7 Å². The number of amides is 1. The Balaban J connectivity index is 1.33. The zero-order valence-electron chi connectivity index (χ0n) is 16.8. The van der Waals surface area contributed by atoms with Crippen molar-refractivity contribution in [1.29, 1.82) is 0 Å². The van der Waals surface area contributed by atoms with Gasteiger partial charge in [-0.05, 0) is 92.9 Å². The number of nitrogens with zero attached hydrogens (tertiary/aromatic N) is 2. The molecule has 0 unspecified atom stereocenters. The summed E-state index contributed by atoms with van der Waals surface area (Å²) >= 11 is 1.51. The highest BCUT2D eigenvalue weighted by Crippen LogP contribution is 2.61. The Kier molecular flexibility index (Phi) is 3.92. The molecule has 0 saturated heterocycles. The molecule has 4 bridgehead atoms. The fourth-order valence-corrected chi connectivity index (χ4v) is 7.98. The molecular formula is C24H27N3OS. The molecule has 1 amide bonds.